The summed E-state index contributed by atoms with van der Waals surface area (Å²) in [5.41, 5.74) is 3.93. The van der Waals surface area contributed by atoms with Crippen LogP contribution in [0.5, 0.6) is 11.5 Å². The van der Waals surface area contributed by atoms with Gasteiger partial charge in [-0.1, -0.05) is 12.1 Å². The number of nitrogens with one attached hydrogen (secondary N) is 2. The lowest BCUT2D eigenvalue weighted by Crippen LogP contribution is -2.14. The van der Waals surface area contributed by atoms with Crippen LogP contribution in [-0.4, -0.2) is 17.7 Å². The van der Waals surface area contributed by atoms with E-state index in [1.165, 1.54) is 5.56 Å². The molecule has 1 aliphatic rings. The second kappa shape index (κ2) is 5.35. The van der Waals surface area contributed by atoms with Crippen molar-refractivity contribution in [1.29, 1.82) is 0 Å². The lowest BCUT2D eigenvalue weighted by molar-refractivity contribution is -0.115. The summed E-state index contributed by atoms with van der Waals surface area (Å²) in [6.45, 7) is 2.27. The standard InChI is InChI=1S/C18H16N2O3/c1-11-2-4-14-12(9-19-15(14)6-11)7-18(21)20-13-3-5-16-17(8-13)23-10-22-16/h2-6,8-9,19H,7,10H2,1H3,(H,20,21). The van der Waals surface area contributed by atoms with E-state index >= 15 is 0 Å². The first-order valence-electron chi connectivity index (χ1n) is 7.45. The van der Waals surface area contributed by atoms with Crippen LogP contribution < -0.4 is 14.8 Å². The van der Waals surface area contributed by atoms with E-state index in [2.05, 4.69) is 22.4 Å². The molecule has 0 atom stereocenters. The zero-order valence-electron chi connectivity index (χ0n) is 12.7. The van der Waals surface area contributed by atoms with Crippen molar-refractivity contribution in [2.24, 2.45) is 0 Å². The number of carbonyl (C=O) groups is 1. The van der Waals surface area contributed by atoms with Crippen molar-refractivity contribution in [1.82, 2.24) is 4.98 Å². The minimum Gasteiger partial charge on any atom is -0.454 e. The Morgan fingerprint density at radius 1 is 1.17 bits per heavy atom. The van der Waals surface area contributed by atoms with Gasteiger partial charge in [0.25, 0.3) is 0 Å². The molecule has 0 saturated carbocycles. The highest BCUT2D eigenvalue weighted by atomic mass is 16.7. The molecule has 4 rings (SSSR count). The van der Waals surface area contributed by atoms with Gasteiger partial charge in [0.05, 0.1) is 6.42 Å². The van der Waals surface area contributed by atoms with E-state index in [1.54, 1.807) is 12.1 Å². The average molecular weight is 308 g/mol. The molecule has 3 aromatic rings. The number of hydrogen-bond donors (Lipinski definition) is 2. The monoisotopic (exact) mass is 308 g/mol. The van der Waals surface area contributed by atoms with Crippen molar-refractivity contribution < 1.29 is 14.3 Å². The molecular weight excluding hydrogens is 292 g/mol. The Kier molecular flexibility index (Phi) is 3.19. The van der Waals surface area contributed by atoms with Crippen molar-refractivity contribution in [3.63, 3.8) is 0 Å². The molecule has 23 heavy (non-hydrogen) atoms. The molecule has 0 radical (unpaired) electrons. The second-order valence-electron chi connectivity index (χ2n) is 5.66. The summed E-state index contributed by atoms with van der Waals surface area (Å²) in [6, 6.07) is 11.6. The van der Waals surface area contributed by atoms with Crippen LogP contribution in [0, 0.1) is 6.92 Å². The van der Waals surface area contributed by atoms with Crippen molar-refractivity contribution in [3.8, 4) is 11.5 Å². The van der Waals surface area contributed by atoms with E-state index in [4.69, 9.17) is 9.47 Å². The SMILES string of the molecule is Cc1ccc2c(CC(=O)Nc3ccc4c(c3)OCO4)c[nH]c2c1. The molecule has 1 aliphatic heterocycles. The molecule has 2 heterocycles. The number of ether oxygens (including phenoxy) is 2. The van der Waals surface area contributed by atoms with Gasteiger partial charge in [-0.25, -0.2) is 0 Å². The molecule has 2 aromatic carbocycles. The van der Waals surface area contributed by atoms with Crippen molar-refractivity contribution in [2.75, 3.05) is 12.1 Å². The maximum Gasteiger partial charge on any atom is 0.231 e. The van der Waals surface area contributed by atoms with Gasteiger partial charge in [0.2, 0.25) is 12.7 Å². The summed E-state index contributed by atoms with van der Waals surface area (Å²) in [5.74, 6) is 1.30. The predicted molar refractivity (Wildman–Crippen MR) is 87.9 cm³/mol. The van der Waals surface area contributed by atoms with Crippen LogP contribution in [0.4, 0.5) is 5.69 Å². The third-order valence-electron chi connectivity index (χ3n) is 3.93. The Morgan fingerprint density at radius 2 is 2.04 bits per heavy atom. The number of aromatic amines is 1. The maximum atomic E-state index is 12.3. The van der Waals surface area contributed by atoms with Crippen LogP contribution in [0.15, 0.2) is 42.6 Å². The molecule has 0 spiro atoms. The molecule has 0 aliphatic carbocycles. The summed E-state index contributed by atoms with van der Waals surface area (Å²) < 4.78 is 10.6. The number of aryl methyl sites for hydroxylation is 1. The Labute approximate surface area is 133 Å². The summed E-state index contributed by atoms with van der Waals surface area (Å²) >= 11 is 0. The molecule has 5 heteroatoms. The summed E-state index contributed by atoms with van der Waals surface area (Å²) in [6.07, 6.45) is 2.21. The van der Waals surface area contributed by atoms with Gasteiger partial charge in [0.1, 0.15) is 0 Å². The third-order valence-corrected chi connectivity index (χ3v) is 3.93. The topological polar surface area (TPSA) is 63.4 Å². The van der Waals surface area contributed by atoms with Crippen LogP contribution in [0.25, 0.3) is 10.9 Å². The van der Waals surface area contributed by atoms with Crippen LogP contribution in [0.3, 0.4) is 0 Å². The molecule has 5 nitrogen and oxygen atoms in total. The Hall–Kier alpha value is -2.95. The Bertz CT molecular complexity index is 898. The molecule has 0 bridgehead atoms. The van der Waals surface area contributed by atoms with Gasteiger partial charge < -0.3 is 19.8 Å². The minimum absolute atomic E-state index is 0.0645. The van der Waals surface area contributed by atoms with Gasteiger partial charge in [-0.2, -0.15) is 0 Å². The number of aromatic nitrogens is 1. The minimum atomic E-state index is -0.0645. The molecule has 1 aromatic heterocycles. The molecule has 0 unspecified atom stereocenters. The zero-order valence-corrected chi connectivity index (χ0v) is 12.7. The molecule has 0 saturated heterocycles. The summed E-state index contributed by atoms with van der Waals surface area (Å²) in [7, 11) is 0. The Morgan fingerprint density at radius 3 is 2.96 bits per heavy atom. The molecular formula is C18H16N2O3. The zero-order chi connectivity index (χ0) is 15.8. The number of benzene rings is 2. The molecule has 1 amide bonds. The number of carbonyl (C=O) groups excluding carboxylic acids is 1. The van der Waals surface area contributed by atoms with Gasteiger partial charge >= 0.3 is 0 Å². The average Bonchev–Trinajstić information content (AvgIpc) is 3.13. The largest absolute Gasteiger partial charge is 0.454 e. The third kappa shape index (κ3) is 2.61. The van der Waals surface area contributed by atoms with Crippen molar-refractivity contribution in [3.05, 3.63) is 53.7 Å². The van der Waals surface area contributed by atoms with Crippen LogP contribution in [0.1, 0.15) is 11.1 Å². The summed E-state index contributed by atoms with van der Waals surface area (Å²) in [4.78, 5) is 15.5. The van der Waals surface area contributed by atoms with Gasteiger partial charge in [0, 0.05) is 28.9 Å². The lowest BCUT2D eigenvalue weighted by Gasteiger charge is -2.06. The lowest BCUT2D eigenvalue weighted by atomic mass is 10.1. The van der Waals surface area contributed by atoms with Crippen LogP contribution in [0.2, 0.25) is 0 Å². The first-order valence-corrected chi connectivity index (χ1v) is 7.45. The quantitative estimate of drug-likeness (QED) is 0.779. The first kappa shape index (κ1) is 13.7. The first-order chi connectivity index (χ1) is 11.2. The fourth-order valence-electron chi connectivity index (χ4n) is 2.80. The van der Waals surface area contributed by atoms with Gasteiger partial charge in [0.15, 0.2) is 11.5 Å². The van der Waals surface area contributed by atoms with E-state index in [1.807, 2.05) is 25.3 Å². The van der Waals surface area contributed by atoms with Gasteiger partial charge in [-0.3, -0.25) is 4.79 Å². The highest BCUT2D eigenvalue weighted by Gasteiger charge is 2.15. The number of amides is 1. The number of hydrogen-bond acceptors (Lipinski definition) is 3. The second-order valence-corrected chi connectivity index (χ2v) is 5.66. The van der Waals surface area contributed by atoms with E-state index in [-0.39, 0.29) is 12.7 Å². The van der Waals surface area contributed by atoms with Crippen LogP contribution >= 0.6 is 0 Å². The smallest absolute Gasteiger partial charge is 0.231 e. The van der Waals surface area contributed by atoms with E-state index in [9.17, 15) is 4.79 Å². The highest BCUT2D eigenvalue weighted by Crippen LogP contribution is 2.34. The Balaban J connectivity index is 1.51. The van der Waals surface area contributed by atoms with E-state index in [0.717, 1.165) is 16.5 Å². The van der Waals surface area contributed by atoms with Crippen molar-refractivity contribution in [2.45, 2.75) is 13.3 Å². The normalized spacial score (nSPS) is 12.6. The van der Waals surface area contributed by atoms with Gasteiger partial charge in [-0.15, -0.1) is 0 Å². The van der Waals surface area contributed by atoms with Gasteiger partial charge in [-0.05, 0) is 36.2 Å². The van der Waals surface area contributed by atoms with E-state index < -0.39 is 0 Å². The number of rotatable bonds is 3. The number of H-pyrrole nitrogens is 1. The molecule has 116 valence electrons. The molecule has 2 N–H and O–H groups in total. The highest BCUT2D eigenvalue weighted by molar-refractivity contribution is 5.96. The van der Waals surface area contributed by atoms with E-state index in [0.29, 0.717) is 23.6 Å². The summed E-state index contributed by atoms with van der Waals surface area (Å²) in [5, 5.41) is 3.98. The van der Waals surface area contributed by atoms with Crippen molar-refractivity contribution >= 4 is 22.5 Å². The predicted octanol–water partition coefficient (Wildman–Crippen LogP) is 3.39. The fraction of sp³-hybridized carbons (Fsp3) is 0.167. The fourth-order valence-corrected chi connectivity index (χ4v) is 2.80. The number of anilines is 1. The maximum absolute atomic E-state index is 12.3. The van der Waals surface area contributed by atoms with Crippen LogP contribution in [-0.2, 0) is 11.2 Å². The number of fused-ring (bicyclic) bond motifs is 2. The molecule has 0 fully saturated rings.